The molecule has 0 unspecified atom stereocenters. The van der Waals surface area contributed by atoms with Gasteiger partial charge in [0.15, 0.2) is 0 Å². The topological polar surface area (TPSA) is 42.0 Å². The fourth-order valence-corrected chi connectivity index (χ4v) is 4.06. The number of ether oxygens (including phenoxy) is 2. The van der Waals surface area contributed by atoms with Gasteiger partial charge in [0.1, 0.15) is 13.3 Å². The van der Waals surface area contributed by atoms with Crippen LogP contribution in [0.5, 0.6) is 0 Å². The minimum atomic E-state index is -0.0729. The monoisotopic (exact) mass is 406 g/mol. The Morgan fingerprint density at radius 1 is 1.11 bits per heavy atom. The van der Waals surface area contributed by atoms with Gasteiger partial charge in [-0.3, -0.25) is 4.79 Å². The maximum absolute atomic E-state index is 12.1. The first kappa shape index (κ1) is 18.6. The fraction of sp³-hybridized carbons (Fsp3) is 0.350. The van der Waals surface area contributed by atoms with E-state index in [0.29, 0.717) is 29.9 Å². The summed E-state index contributed by atoms with van der Waals surface area (Å²) in [5.74, 6) is -0.0729. The molecule has 0 aliphatic carbocycles. The molecule has 0 spiro atoms. The second kappa shape index (κ2) is 7.68. The Bertz CT molecular complexity index is 844. The summed E-state index contributed by atoms with van der Waals surface area (Å²) in [7, 11) is 0. The van der Waals surface area contributed by atoms with E-state index in [-0.39, 0.29) is 24.7 Å². The molecular weight excluding hydrogens is 387 g/mol. The van der Waals surface area contributed by atoms with Crippen LogP contribution in [0.15, 0.2) is 42.5 Å². The van der Waals surface area contributed by atoms with Crippen molar-refractivity contribution >= 4 is 40.5 Å². The number of rotatable bonds is 3. The zero-order valence-corrected chi connectivity index (χ0v) is 16.4. The molecule has 0 N–H and O–H groups in total. The third-order valence-electron chi connectivity index (χ3n) is 5.01. The van der Waals surface area contributed by atoms with Gasteiger partial charge in [-0.1, -0.05) is 29.3 Å². The van der Waals surface area contributed by atoms with Crippen LogP contribution in [-0.4, -0.2) is 38.5 Å². The van der Waals surface area contributed by atoms with Crippen molar-refractivity contribution in [2.24, 2.45) is 0 Å². The minimum Gasteiger partial charge on any atom is -0.370 e. The van der Waals surface area contributed by atoms with Gasteiger partial charge in [-0.2, -0.15) is 0 Å². The van der Waals surface area contributed by atoms with E-state index < -0.39 is 0 Å². The second-order valence-corrected chi connectivity index (χ2v) is 7.54. The van der Waals surface area contributed by atoms with Crippen molar-refractivity contribution in [2.75, 3.05) is 36.3 Å². The number of carbonyl (C=O) groups excluding carboxylic acids is 1. The summed E-state index contributed by atoms with van der Waals surface area (Å²) >= 11 is 12.6. The van der Waals surface area contributed by atoms with Crippen molar-refractivity contribution in [3.63, 3.8) is 0 Å². The quantitative estimate of drug-likeness (QED) is 0.762. The first-order chi connectivity index (χ1) is 13.0. The standard InChI is InChI=1S/C20H20Cl2N2O3/c1-13-20(24(12-27-13)16-5-3-15(21)4-6-16)14-2-7-18(17(22)10-14)23-8-9-26-11-19(23)25/h2-7,10,13,20H,8-9,11-12H2,1H3/t13-,20-/m0/s1. The van der Waals surface area contributed by atoms with Crippen molar-refractivity contribution in [1.82, 2.24) is 0 Å². The van der Waals surface area contributed by atoms with Crippen molar-refractivity contribution < 1.29 is 14.3 Å². The molecule has 2 fully saturated rings. The van der Waals surface area contributed by atoms with Crippen LogP contribution >= 0.6 is 23.2 Å². The summed E-state index contributed by atoms with van der Waals surface area (Å²) in [5, 5.41) is 1.25. The van der Waals surface area contributed by atoms with Crippen molar-refractivity contribution in [3.8, 4) is 0 Å². The molecule has 0 bridgehead atoms. The Kier molecular flexibility index (Phi) is 5.28. The highest BCUT2D eigenvalue weighted by atomic mass is 35.5. The van der Waals surface area contributed by atoms with E-state index in [0.717, 1.165) is 16.9 Å². The molecular formula is C20H20Cl2N2O3. The van der Waals surface area contributed by atoms with Gasteiger partial charge in [0.2, 0.25) is 0 Å². The normalized spacial score (nSPS) is 23.1. The molecule has 2 atom stereocenters. The van der Waals surface area contributed by atoms with Gasteiger partial charge < -0.3 is 19.3 Å². The first-order valence-electron chi connectivity index (χ1n) is 8.86. The van der Waals surface area contributed by atoms with Crippen LogP contribution < -0.4 is 9.80 Å². The lowest BCUT2D eigenvalue weighted by Gasteiger charge is -2.30. The van der Waals surface area contributed by atoms with Crippen molar-refractivity contribution in [2.45, 2.75) is 19.1 Å². The van der Waals surface area contributed by atoms with Crippen LogP contribution in [-0.2, 0) is 14.3 Å². The van der Waals surface area contributed by atoms with Crippen molar-refractivity contribution in [3.05, 3.63) is 58.1 Å². The molecule has 2 aromatic carbocycles. The Labute approximate surface area is 168 Å². The smallest absolute Gasteiger partial charge is 0.253 e. The third-order valence-corrected chi connectivity index (χ3v) is 5.56. The Morgan fingerprint density at radius 2 is 1.89 bits per heavy atom. The van der Waals surface area contributed by atoms with E-state index in [1.807, 2.05) is 49.4 Å². The molecule has 5 nitrogen and oxygen atoms in total. The second-order valence-electron chi connectivity index (χ2n) is 6.70. The van der Waals surface area contributed by atoms with Gasteiger partial charge in [-0.15, -0.1) is 0 Å². The molecule has 0 radical (unpaired) electrons. The number of anilines is 2. The highest BCUT2D eigenvalue weighted by Gasteiger charge is 2.34. The van der Waals surface area contributed by atoms with E-state index in [9.17, 15) is 4.79 Å². The summed E-state index contributed by atoms with van der Waals surface area (Å²) in [5.41, 5.74) is 2.81. The molecule has 0 aromatic heterocycles. The maximum Gasteiger partial charge on any atom is 0.253 e. The molecule has 2 aliphatic rings. The van der Waals surface area contributed by atoms with Gasteiger partial charge in [0.05, 0.1) is 29.5 Å². The van der Waals surface area contributed by atoms with E-state index in [4.69, 9.17) is 32.7 Å². The lowest BCUT2D eigenvalue weighted by molar-refractivity contribution is -0.125. The average Bonchev–Trinajstić information content (AvgIpc) is 3.04. The maximum atomic E-state index is 12.1. The third kappa shape index (κ3) is 3.65. The molecule has 2 saturated heterocycles. The molecule has 4 rings (SSSR count). The van der Waals surface area contributed by atoms with Gasteiger partial charge in [-0.25, -0.2) is 0 Å². The molecule has 7 heteroatoms. The zero-order chi connectivity index (χ0) is 19.0. The van der Waals surface area contributed by atoms with Gasteiger partial charge in [0.25, 0.3) is 5.91 Å². The van der Waals surface area contributed by atoms with E-state index >= 15 is 0 Å². The number of amides is 1. The van der Waals surface area contributed by atoms with Crippen LogP contribution in [0.1, 0.15) is 18.5 Å². The zero-order valence-electron chi connectivity index (χ0n) is 14.9. The predicted octanol–water partition coefficient (Wildman–Crippen LogP) is 4.28. The summed E-state index contributed by atoms with van der Waals surface area (Å²) in [4.78, 5) is 16.0. The molecule has 27 heavy (non-hydrogen) atoms. The first-order valence-corrected chi connectivity index (χ1v) is 9.61. The number of morpholine rings is 1. The summed E-state index contributed by atoms with van der Waals surface area (Å²) < 4.78 is 11.1. The molecule has 142 valence electrons. The Hall–Kier alpha value is -1.79. The fourth-order valence-electron chi connectivity index (χ4n) is 3.64. The summed E-state index contributed by atoms with van der Waals surface area (Å²) in [6, 6.07) is 13.6. The van der Waals surface area contributed by atoms with Crippen molar-refractivity contribution in [1.29, 1.82) is 0 Å². The van der Waals surface area contributed by atoms with Crippen LogP contribution in [0.3, 0.4) is 0 Å². The van der Waals surface area contributed by atoms with Crippen LogP contribution in [0.25, 0.3) is 0 Å². The molecule has 2 heterocycles. The number of halogens is 2. The molecule has 0 saturated carbocycles. The lowest BCUT2D eigenvalue weighted by Crippen LogP contribution is -2.41. The van der Waals surface area contributed by atoms with Crippen LogP contribution in [0.2, 0.25) is 10.0 Å². The average molecular weight is 407 g/mol. The van der Waals surface area contributed by atoms with E-state index in [1.54, 1.807) is 4.90 Å². The predicted molar refractivity (Wildman–Crippen MR) is 107 cm³/mol. The van der Waals surface area contributed by atoms with Gasteiger partial charge in [0, 0.05) is 17.3 Å². The number of benzene rings is 2. The van der Waals surface area contributed by atoms with Crippen LogP contribution in [0.4, 0.5) is 11.4 Å². The molecule has 1 amide bonds. The highest BCUT2D eigenvalue weighted by molar-refractivity contribution is 6.34. The number of nitrogens with zero attached hydrogens (tertiary/aromatic N) is 2. The van der Waals surface area contributed by atoms with E-state index in [2.05, 4.69) is 4.90 Å². The number of carbonyl (C=O) groups is 1. The Morgan fingerprint density at radius 3 is 2.59 bits per heavy atom. The largest absolute Gasteiger partial charge is 0.370 e. The Balaban J connectivity index is 1.64. The van der Waals surface area contributed by atoms with Gasteiger partial charge in [-0.05, 0) is 48.9 Å². The molecule has 2 aromatic rings. The lowest BCUT2D eigenvalue weighted by atomic mass is 10.0. The van der Waals surface area contributed by atoms with Gasteiger partial charge >= 0.3 is 0 Å². The van der Waals surface area contributed by atoms with Crippen LogP contribution in [0, 0.1) is 0 Å². The highest BCUT2D eigenvalue weighted by Crippen LogP contribution is 2.39. The SMILES string of the molecule is C[C@@H]1OCN(c2ccc(Cl)cc2)[C@@H]1c1ccc(N2CCOCC2=O)c(Cl)c1. The van der Waals surface area contributed by atoms with E-state index in [1.165, 1.54) is 0 Å². The summed E-state index contributed by atoms with van der Waals surface area (Å²) in [6.07, 6.45) is 0.00705. The molecule has 2 aliphatic heterocycles. The number of hydrogen-bond donors (Lipinski definition) is 0. The number of hydrogen-bond acceptors (Lipinski definition) is 4. The summed E-state index contributed by atoms with van der Waals surface area (Å²) in [6.45, 7) is 3.66. The minimum absolute atomic E-state index is 0.00705.